The largest absolute Gasteiger partial charge is 0.497 e. The monoisotopic (exact) mass is 538 g/mol. The van der Waals surface area contributed by atoms with Gasteiger partial charge in [0.05, 0.1) is 26.9 Å². The summed E-state index contributed by atoms with van der Waals surface area (Å²) in [5.41, 5.74) is -1.40. The first kappa shape index (κ1) is 26.0. The van der Waals surface area contributed by atoms with Gasteiger partial charge in [0.25, 0.3) is 5.56 Å². The van der Waals surface area contributed by atoms with Gasteiger partial charge in [-0.25, -0.2) is 4.79 Å². The molecule has 0 aliphatic carbocycles. The molecule has 0 amide bonds. The van der Waals surface area contributed by atoms with Crippen molar-refractivity contribution in [2.45, 2.75) is 24.9 Å². The van der Waals surface area contributed by atoms with Crippen molar-refractivity contribution in [3.05, 3.63) is 80.6 Å². The van der Waals surface area contributed by atoms with Crippen molar-refractivity contribution in [3.63, 3.8) is 0 Å². The maximum atomic E-state index is 12.2. The van der Waals surface area contributed by atoms with Crippen LogP contribution in [0.5, 0.6) is 23.0 Å². The van der Waals surface area contributed by atoms with E-state index in [2.05, 4.69) is 4.98 Å². The molecule has 1 aliphatic heterocycles. The van der Waals surface area contributed by atoms with Gasteiger partial charge in [-0.3, -0.25) is 18.9 Å². The third-order valence-corrected chi connectivity index (χ3v) is 6.61. The Balaban J connectivity index is 1.45. The highest BCUT2D eigenvalue weighted by Crippen LogP contribution is 2.43. The topological polar surface area (TPSA) is 130 Å². The van der Waals surface area contributed by atoms with E-state index in [-0.39, 0.29) is 18.1 Å². The van der Waals surface area contributed by atoms with Gasteiger partial charge >= 0.3 is 14.3 Å². The van der Waals surface area contributed by atoms with Gasteiger partial charge in [0.15, 0.2) is 0 Å². The minimum absolute atomic E-state index is 0.0902. The lowest BCUT2D eigenvalue weighted by Gasteiger charge is -2.21. The summed E-state index contributed by atoms with van der Waals surface area (Å²) in [6.07, 6.45) is -1.32. The summed E-state index contributed by atoms with van der Waals surface area (Å²) in [4.78, 5) is 25.8. The van der Waals surface area contributed by atoms with Crippen molar-refractivity contribution in [1.82, 2.24) is 9.55 Å². The van der Waals surface area contributed by atoms with Crippen LogP contribution in [-0.4, -0.2) is 47.7 Å². The van der Waals surface area contributed by atoms with Crippen LogP contribution in [0.3, 0.4) is 0 Å². The molecule has 36 heavy (non-hydrogen) atoms. The van der Waals surface area contributed by atoms with Crippen LogP contribution < -0.4 is 29.8 Å². The second kappa shape index (κ2) is 11.8. The molecule has 1 aromatic heterocycles. The summed E-state index contributed by atoms with van der Waals surface area (Å²) in [5, 5.41) is 10.3. The van der Waals surface area contributed by atoms with Crippen molar-refractivity contribution in [3.8, 4) is 23.0 Å². The number of H-pyrrole nitrogens is 1. The lowest BCUT2D eigenvalue weighted by atomic mass is 10.2. The Morgan fingerprint density at radius 3 is 2.06 bits per heavy atom. The molecule has 3 unspecified atom stereocenters. The first-order valence-corrected chi connectivity index (χ1v) is 12.2. The van der Waals surface area contributed by atoms with Gasteiger partial charge in [0, 0.05) is 12.6 Å². The molecule has 4 rings (SSSR count). The standard InChI is InChI=1S/C23H24ClN2O9P/c1-30-14-3-7-16(8-4-14)34-36(35-17-9-5-15(31-2)6-10-17)32-13-20-19(27)11-21(33-20)26-12-18(24)22(28)25-23(26)29/h3-10,12,19-21,27H,11,13H2,1-2H3,(H,25,28,29). The number of nitrogens with zero attached hydrogens (tertiary/aromatic N) is 1. The van der Waals surface area contributed by atoms with Crippen LogP contribution in [0.15, 0.2) is 64.3 Å². The van der Waals surface area contributed by atoms with Crippen molar-refractivity contribution < 1.29 is 32.9 Å². The molecular weight excluding hydrogens is 515 g/mol. The second-order valence-electron chi connectivity index (χ2n) is 7.63. The predicted molar refractivity (Wildman–Crippen MR) is 131 cm³/mol. The number of methoxy groups -OCH3 is 2. The van der Waals surface area contributed by atoms with Crippen LogP contribution >= 0.6 is 20.2 Å². The Kier molecular flexibility index (Phi) is 8.50. The van der Waals surface area contributed by atoms with Crippen LogP contribution in [0.1, 0.15) is 12.6 Å². The Morgan fingerprint density at radius 1 is 1.00 bits per heavy atom. The van der Waals surface area contributed by atoms with Crippen molar-refractivity contribution >= 4 is 20.2 Å². The van der Waals surface area contributed by atoms with Crippen molar-refractivity contribution in [2.24, 2.45) is 0 Å². The quantitative estimate of drug-likeness (QED) is 0.373. The summed E-state index contributed by atoms with van der Waals surface area (Å²) < 4.78 is 35.0. The lowest BCUT2D eigenvalue weighted by Crippen LogP contribution is -2.32. The number of nitrogens with one attached hydrogen (secondary N) is 1. The van der Waals surface area contributed by atoms with Gasteiger partial charge in [-0.2, -0.15) is 0 Å². The molecule has 192 valence electrons. The minimum Gasteiger partial charge on any atom is -0.497 e. The Hall–Kier alpha value is -3.08. The first-order valence-electron chi connectivity index (χ1n) is 10.8. The fraction of sp³-hybridized carbons (Fsp3) is 0.304. The van der Waals surface area contributed by atoms with E-state index in [1.54, 1.807) is 62.8 Å². The molecule has 3 atom stereocenters. The number of ether oxygens (including phenoxy) is 3. The molecule has 13 heteroatoms. The Morgan fingerprint density at radius 2 is 1.53 bits per heavy atom. The van der Waals surface area contributed by atoms with Gasteiger partial charge in [-0.05, 0) is 48.5 Å². The van der Waals surface area contributed by atoms with Crippen LogP contribution in [0.25, 0.3) is 0 Å². The predicted octanol–water partition coefficient (Wildman–Crippen LogP) is 3.26. The number of aromatic nitrogens is 2. The molecule has 1 saturated heterocycles. The van der Waals surface area contributed by atoms with Gasteiger partial charge in [-0.1, -0.05) is 11.6 Å². The molecule has 2 heterocycles. The Bertz CT molecular complexity index is 1220. The van der Waals surface area contributed by atoms with E-state index < -0.39 is 38.3 Å². The highest BCUT2D eigenvalue weighted by Gasteiger charge is 2.37. The SMILES string of the molecule is COc1ccc(OP(OCC2OC(n3cc(Cl)c(=O)[nH]c3=O)CC2O)Oc2ccc(OC)cc2)cc1. The number of benzene rings is 2. The molecule has 2 aromatic carbocycles. The van der Waals surface area contributed by atoms with E-state index in [4.69, 9.17) is 39.4 Å². The average Bonchev–Trinajstić information content (AvgIpc) is 3.25. The number of aromatic amines is 1. The highest BCUT2D eigenvalue weighted by molar-refractivity contribution is 7.42. The van der Waals surface area contributed by atoms with E-state index in [1.807, 2.05) is 0 Å². The Labute approximate surface area is 212 Å². The highest BCUT2D eigenvalue weighted by atomic mass is 35.5. The summed E-state index contributed by atoms with van der Waals surface area (Å²) in [6, 6.07) is 13.8. The summed E-state index contributed by atoms with van der Waals surface area (Å²) in [7, 11) is 1.16. The van der Waals surface area contributed by atoms with E-state index in [0.717, 1.165) is 4.57 Å². The van der Waals surface area contributed by atoms with E-state index in [1.165, 1.54) is 6.20 Å². The molecule has 2 N–H and O–H groups in total. The average molecular weight is 539 g/mol. The zero-order valence-corrected chi connectivity index (χ0v) is 21.0. The molecule has 3 aromatic rings. The maximum Gasteiger partial charge on any atom is 0.463 e. The third kappa shape index (κ3) is 6.37. The smallest absolute Gasteiger partial charge is 0.463 e. The normalized spacial score (nSPS) is 19.3. The zero-order valence-electron chi connectivity index (χ0n) is 19.3. The molecule has 1 aliphatic rings. The van der Waals surface area contributed by atoms with Gasteiger partial charge in [-0.15, -0.1) is 0 Å². The number of hydrogen-bond donors (Lipinski definition) is 2. The molecule has 0 bridgehead atoms. The van der Waals surface area contributed by atoms with E-state index in [9.17, 15) is 14.7 Å². The summed E-state index contributed by atoms with van der Waals surface area (Å²) >= 11 is 5.84. The molecule has 0 spiro atoms. The van der Waals surface area contributed by atoms with Gasteiger partial charge in [0.1, 0.15) is 40.4 Å². The van der Waals surface area contributed by atoms with Crippen LogP contribution in [0.2, 0.25) is 5.02 Å². The molecular formula is C23H24ClN2O9P. The molecule has 0 radical (unpaired) electrons. The zero-order chi connectivity index (χ0) is 25.7. The van der Waals surface area contributed by atoms with Crippen LogP contribution in [0, 0.1) is 0 Å². The number of halogens is 1. The summed E-state index contributed by atoms with van der Waals surface area (Å²) in [5.74, 6) is 2.29. The minimum atomic E-state index is -1.97. The van der Waals surface area contributed by atoms with Crippen LogP contribution in [-0.2, 0) is 9.26 Å². The van der Waals surface area contributed by atoms with E-state index in [0.29, 0.717) is 23.0 Å². The van der Waals surface area contributed by atoms with Crippen molar-refractivity contribution in [2.75, 3.05) is 20.8 Å². The lowest BCUT2D eigenvalue weighted by molar-refractivity contribution is -0.0420. The van der Waals surface area contributed by atoms with Gasteiger partial charge in [0.2, 0.25) is 0 Å². The first-order chi connectivity index (χ1) is 17.4. The number of rotatable bonds is 10. The molecule has 1 fully saturated rings. The number of aliphatic hydroxyl groups excluding tert-OH is 1. The number of aliphatic hydroxyl groups is 1. The third-order valence-electron chi connectivity index (χ3n) is 5.26. The van der Waals surface area contributed by atoms with Crippen LogP contribution in [0.4, 0.5) is 0 Å². The fourth-order valence-electron chi connectivity index (χ4n) is 3.36. The van der Waals surface area contributed by atoms with Crippen molar-refractivity contribution in [1.29, 1.82) is 0 Å². The fourth-order valence-corrected chi connectivity index (χ4v) is 4.51. The maximum absolute atomic E-state index is 12.2. The second-order valence-corrected chi connectivity index (χ2v) is 9.11. The molecule has 0 saturated carbocycles. The summed E-state index contributed by atoms with van der Waals surface area (Å²) in [6.45, 7) is -0.0957. The number of hydrogen-bond acceptors (Lipinski definition) is 9. The van der Waals surface area contributed by atoms with Gasteiger partial charge < -0.3 is 28.4 Å². The van der Waals surface area contributed by atoms with E-state index >= 15 is 0 Å². The molecule has 11 nitrogen and oxygen atoms in total.